The maximum atomic E-state index is 15.6. The predicted molar refractivity (Wildman–Crippen MR) is 169 cm³/mol. The summed E-state index contributed by atoms with van der Waals surface area (Å²) in [6.07, 6.45) is -0.848. The third-order valence-corrected chi connectivity index (χ3v) is 10.7. The minimum absolute atomic E-state index is 0.0816. The van der Waals surface area contributed by atoms with Crippen molar-refractivity contribution in [2.75, 3.05) is 44.8 Å². The maximum Gasteiger partial charge on any atom is 0.269 e. The number of halogens is 5. The fourth-order valence-electron chi connectivity index (χ4n) is 5.59. The molecule has 4 aromatic rings. The first-order valence-electron chi connectivity index (χ1n) is 14.4. The molecule has 0 spiro atoms. The standard InChI is InChI=1S/C31H31ClF4N4O5S2/c1-43-23-8-5-20(27(11-23)44-2)15-40(31-37-18-38-46-31)47(41,42)29-13-25(33)28(12-26(29)34)45-17-21-14-39(16-30(35)36)10-9-24(21)19-3-6-22(32)7-4-19/h3-8,11-13,18,21,24,30H,9-10,14-17H2,1-2H3/t21-,24-/m1/s1. The lowest BCUT2D eigenvalue weighted by Gasteiger charge is -2.38. The van der Waals surface area contributed by atoms with E-state index in [1.165, 1.54) is 14.2 Å². The van der Waals surface area contributed by atoms with Gasteiger partial charge in [0.25, 0.3) is 16.4 Å². The van der Waals surface area contributed by atoms with E-state index in [1.54, 1.807) is 35.2 Å². The third-order valence-electron chi connectivity index (χ3n) is 7.89. The number of methoxy groups -OCH3 is 2. The summed E-state index contributed by atoms with van der Waals surface area (Å²) in [6.45, 7) is -0.236. The number of hydrogen-bond donors (Lipinski definition) is 0. The predicted octanol–water partition coefficient (Wildman–Crippen LogP) is 6.63. The summed E-state index contributed by atoms with van der Waals surface area (Å²) in [7, 11) is -1.88. The monoisotopic (exact) mass is 714 g/mol. The van der Waals surface area contributed by atoms with Crippen LogP contribution >= 0.6 is 23.1 Å². The second kappa shape index (κ2) is 15.0. The third kappa shape index (κ3) is 8.08. The van der Waals surface area contributed by atoms with Crippen molar-refractivity contribution in [2.45, 2.75) is 30.2 Å². The smallest absolute Gasteiger partial charge is 0.269 e. The molecule has 0 N–H and O–H groups in total. The zero-order chi connectivity index (χ0) is 33.7. The van der Waals surface area contributed by atoms with Gasteiger partial charge in [0, 0.05) is 52.8 Å². The van der Waals surface area contributed by atoms with E-state index in [1.807, 2.05) is 12.1 Å². The molecule has 0 unspecified atom stereocenters. The number of hydrogen-bond acceptors (Lipinski definition) is 9. The number of piperidine rings is 1. The number of rotatable bonds is 13. The van der Waals surface area contributed by atoms with Crippen molar-refractivity contribution in [2.24, 2.45) is 5.92 Å². The lowest BCUT2D eigenvalue weighted by Crippen LogP contribution is -2.43. The highest BCUT2D eigenvalue weighted by Gasteiger charge is 2.34. The quantitative estimate of drug-likeness (QED) is 0.143. The molecule has 3 aromatic carbocycles. The minimum Gasteiger partial charge on any atom is -0.497 e. The molecule has 0 bridgehead atoms. The van der Waals surface area contributed by atoms with Gasteiger partial charge in [0.1, 0.15) is 28.5 Å². The molecule has 0 aliphatic carbocycles. The summed E-state index contributed by atoms with van der Waals surface area (Å²) in [5.74, 6) is -2.60. The molecule has 5 rings (SSSR count). The fourth-order valence-corrected chi connectivity index (χ4v) is 7.91. The molecule has 2 heterocycles. The number of benzene rings is 3. The van der Waals surface area contributed by atoms with Gasteiger partial charge in [-0.2, -0.15) is 4.37 Å². The molecule has 2 atom stereocenters. The Morgan fingerprint density at radius 2 is 1.81 bits per heavy atom. The van der Waals surface area contributed by atoms with Crippen LogP contribution in [0, 0.1) is 17.6 Å². The maximum absolute atomic E-state index is 15.6. The van der Waals surface area contributed by atoms with Crippen LogP contribution in [0.2, 0.25) is 5.02 Å². The number of likely N-dealkylation sites (tertiary alicyclic amines) is 1. The lowest BCUT2D eigenvalue weighted by atomic mass is 9.81. The van der Waals surface area contributed by atoms with E-state index in [0.29, 0.717) is 47.2 Å². The van der Waals surface area contributed by atoms with Crippen LogP contribution in [0.25, 0.3) is 0 Å². The molecule has 0 saturated carbocycles. The van der Waals surface area contributed by atoms with Gasteiger partial charge in [-0.3, -0.25) is 4.90 Å². The van der Waals surface area contributed by atoms with E-state index in [2.05, 4.69) is 9.36 Å². The second-order valence-electron chi connectivity index (χ2n) is 10.8. The van der Waals surface area contributed by atoms with Gasteiger partial charge in [0.15, 0.2) is 11.6 Å². The second-order valence-corrected chi connectivity index (χ2v) is 13.8. The van der Waals surface area contributed by atoms with Crippen molar-refractivity contribution in [3.8, 4) is 17.2 Å². The molecule has 1 aliphatic heterocycles. The first kappa shape index (κ1) is 34.7. The Morgan fingerprint density at radius 3 is 2.47 bits per heavy atom. The first-order valence-corrected chi connectivity index (χ1v) is 17.0. The average Bonchev–Trinajstić information content (AvgIpc) is 3.58. The van der Waals surface area contributed by atoms with Crippen molar-refractivity contribution in [1.29, 1.82) is 0 Å². The molecular formula is C31H31ClF4N4O5S2. The van der Waals surface area contributed by atoms with Gasteiger partial charge in [0.05, 0.1) is 33.9 Å². The van der Waals surface area contributed by atoms with Gasteiger partial charge in [-0.25, -0.2) is 35.3 Å². The van der Waals surface area contributed by atoms with Gasteiger partial charge >= 0.3 is 0 Å². The summed E-state index contributed by atoms with van der Waals surface area (Å²) in [5, 5.41) is 0.457. The van der Waals surface area contributed by atoms with Crippen LogP contribution in [0.5, 0.6) is 17.2 Å². The van der Waals surface area contributed by atoms with Crippen LogP contribution in [0.15, 0.2) is 65.8 Å². The summed E-state index contributed by atoms with van der Waals surface area (Å²) in [6, 6.07) is 13.1. The van der Waals surface area contributed by atoms with Gasteiger partial charge in [-0.1, -0.05) is 23.7 Å². The Hall–Kier alpha value is -3.66. The Bertz CT molecular complexity index is 1770. The number of ether oxygens (including phenoxy) is 3. The number of aromatic nitrogens is 2. The first-order chi connectivity index (χ1) is 22.5. The van der Waals surface area contributed by atoms with Crippen LogP contribution in [-0.2, 0) is 16.6 Å². The summed E-state index contributed by atoms with van der Waals surface area (Å²) in [5.41, 5.74) is 1.31. The highest BCUT2D eigenvalue weighted by atomic mass is 35.5. The Morgan fingerprint density at radius 1 is 1.04 bits per heavy atom. The van der Waals surface area contributed by atoms with Gasteiger partial charge in [0.2, 0.25) is 5.13 Å². The average molecular weight is 715 g/mol. The van der Waals surface area contributed by atoms with E-state index in [9.17, 15) is 17.2 Å². The van der Waals surface area contributed by atoms with Crippen molar-refractivity contribution in [1.82, 2.24) is 14.3 Å². The summed E-state index contributed by atoms with van der Waals surface area (Å²) >= 11 is 6.80. The van der Waals surface area contributed by atoms with E-state index in [0.717, 1.165) is 27.7 Å². The number of nitrogens with zero attached hydrogens (tertiary/aromatic N) is 4. The molecule has 0 amide bonds. The number of anilines is 1. The molecule has 1 aliphatic rings. The normalized spacial score (nSPS) is 17.1. The van der Waals surface area contributed by atoms with Crippen LogP contribution in [0.4, 0.5) is 22.7 Å². The van der Waals surface area contributed by atoms with E-state index < -0.39 is 45.3 Å². The Labute approximate surface area is 278 Å². The van der Waals surface area contributed by atoms with Crippen molar-refractivity contribution in [3.63, 3.8) is 0 Å². The zero-order valence-electron chi connectivity index (χ0n) is 25.3. The zero-order valence-corrected chi connectivity index (χ0v) is 27.7. The molecular weight excluding hydrogens is 684 g/mol. The summed E-state index contributed by atoms with van der Waals surface area (Å²) < 4.78 is 106. The van der Waals surface area contributed by atoms with Crippen LogP contribution in [-0.4, -0.2) is 69.6 Å². The molecule has 1 saturated heterocycles. The Balaban J connectivity index is 1.41. The van der Waals surface area contributed by atoms with Gasteiger partial charge < -0.3 is 14.2 Å². The number of alkyl halides is 2. The summed E-state index contributed by atoms with van der Waals surface area (Å²) in [4.78, 5) is 4.66. The van der Waals surface area contributed by atoms with Crippen molar-refractivity contribution in [3.05, 3.63) is 88.7 Å². The largest absolute Gasteiger partial charge is 0.497 e. The molecule has 1 fully saturated rings. The fraction of sp³-hybridized carbons (Fsp3) is 0.355. The Kier molecular flexibility index (Phi) is 11.1. The van der Waals surface area contributed by atoms with Gasteiger partial charge in [-0.15, -0.1) is 0 Å². The highest BCUT2D eigenvalue weighted by Crippen LogP contribution is 2.37. The van der Waals surface area contributed by atoms with Crippen LogP contribution < -0.4 is 18.5 Å². The van der Waals surface area contributed by atoms with Crippen LogP contribution in [0.3, 0.4) is 0 Å². The minimum atomic E-state index is -4.74. The van der Waals surface area contributed by atoms with E-state index in [-0.39, 0.29) is 36.7 Å². The van der Waals surface area contributed by atoms with E-state index >= 15 is 8.78 Å². The van der Waals surface area contributed by atoms with Crippen molar-refractivity contribution >= 4 is 38.3 Å². The number of sulfonamides is 1. The molecule has 1 aromatic heterocycles. The van der Waals surface area contributed by atoms with E-state index in [4.69, 9.17) is 25.8 Å². The topological polar surface area (TPSA) is 94.1 Å². The van der Waals surface area contributed by atoms with Crippen LogP contribution in [0.1, 0.15) is 23.5 Å². The molecule has 0 radical (unpaired) electrons. The molecule has 16 heteroatoms. The van der Waals surface area contributed by atoms with Crippen molar-refractivity contribution < 1.29 is 40.2 Å². The molecule has 9 nitrogen and oxygen atoms in total. The highest BCUT2D eigenvalue weighted by molar-refractivity contribution is 7.93. The molecule has 47 heavy (non-hydrogen) atoms. The van der Waals surface area contributed by atoms with Gasteiger partial charge in [-0.05, 0) is 48.7 Å². The SMILES string of the molecule is COc1ccc(CN(c2ncns2)S(=O)(=O)c2cc(F)c(OC[C@H]3CN(CC(F)F)CC[C@@H]3c3ccc(Cl)cc3)cc2F)c(OC)c1. The molecule has 252 valence electrons. The lowest BCUT2D eigenvalue weighted by molar-refractivity contribution is 0.0466.